The average Bonchev–Trinajstić information content (AvgIpc) is 2.96. The number of hydrogen-bond donors (Lipinski definition) is 0. The second-order valence-electron chi connectivity index (χ2n) is 5.55. The average molecular weight is 224 g/mol. The lowest BCUT2D eigenvalue weighted by molar-refractivity contribution is -0.187. The predicted molar refractivity (Wildman–Crippen MR) is 58.9 cm³/mol. The predicted octanol–water partition coefficient (Wildman–Crippen LogP) is 2.29. The molecule has 3 atom stereocenters. The smallest absolute Gasteiger partial charge is 0.168 e. The molecule has 0 aromatic carbocycles. The van der Waals surface area contributed by atoms with Crippen LogP contribution >= 0.6 is 0 Å². The highest BCUT2D eigenvalue weighted by Crippen LogP contribution is 2.44. The zero-order chi connectivity index (χ0) is 11.0. The van der Waals surface area contributed by atoms with Gasteiger partial charge in [-0.05, 0) is 31.6 Å². The molecule has 0 radical (unpaired) electrons. The molecule has 1 spiro atoms. The van der Waals surface area contributed by atoms with E-state index in [-0.39, 0.29) is 11.9 Å². The lowest BCUT2D eigenvalue weighted by atomic mass is 9.94. The van der Waals surface area contributed by atoms with E-state index in [4.69, 9.17) is 9.47 Å². The van der Waals surface area contributed by atoms with Crippen LogP contribution in [0.2, 0.25) is 0 Å². The van der Waals surface area contributed by atoms with Crippen molar-refractivity contribution in [3.05, 3.63) is 0 Å². The summed E-state index contributed by atoms with van der Waals surface area (Å²) in [6, 6.07) is 0. The normalized spacial score (nSPS) is 41.1. The summed E-state index contributed by atoms with van der Waals surface area (Å²) in [5.41, 5.74) is 0. The van der Waals surface area contributed by atoms with Crippen LogP contribution in [0.5, 0.6) is 0 Å². The Morgan fingerprint density at radius 1 is 1.25 bits per heavy atom. The van der Waals surface area contributed by atoms with E-state index in [1.54, 1.807) is 0 Å². The van der Waals surface area contributed by atoms with Gasteiger partial charge in [-0.1, -0.05) is 6.42 Å². The first-order chi connectivity index (χ1) is 7.81. The number of rotatable bonds is 3. The molecule has 90 valence electrons. The van der Waals surface area contributed by atoms with Gasteiger partial charge in [-0.2, -0.15) is 0 Å². The van der Waals surface area contributed by atoms with E-state index in [1.165, 1.54) is 19.3 Å². The SMILES string of the molecule is O=CC1CC1CC1COC2(CCCCC2)O1. The van der Waals surface area contributed by atoms with E-state index in [1.807, 2.05) is 0 Å². The minimum atomic E-state index is -0.242. The van der Waals surface area contributed by atoms with Crippen LogP contribution < -0.4 is 0 Å². The Hall–Kier alpha value is -0.410. The van der Waals surface area contributed by atoms with Gasteiger partial charge in [0.15, 0.2) is 5.79 Å². The summed E-state index contributed by atoms with van der Waals surface area (Å²) in [6.07, 6.45) is 9.32. The van der Waals surface area contributed by atoms with Gasteiger partial charge >= 0.3 is 0 Å². The Morgan fingerprint density at radius 3 is 2.75 bits per heavy atom. The molecule has 0 aromatic rings. The molecule has 1 heterocycles. The summed E-state index contributed by atoms with van der Waals surface area (Å²) >= 11 is 0. The molecule has 2 aliphatic carbocycles. The lowest BCUT2D eigenvalue weighted by Gasteiger charge is -2.31. The molecule has 0 amide bonds. The molecule has 1 aliphatic heterocycles. The van der Waals surface area contributed by atoms with E-state index in [0.717, 1.165) is 38.6 Å². The Balaban J connectivity index is 1.51. The molecule has 16 heavy (non-hydrogen) atoms. The van der Waals surface area contributed by atoms with Crippen LogP contribution in [0.25, 0.3) is 0 Å². The topological polar surface area (TPSA) is 35.5 Å². The highest BCUT2D eigenvalue weighted by molar-refractivity contribution is 5.58. The number of carbonyl (C=O) groups is 1. The van der Waals surface area contributed by atoms with E-state index in [2.05, 4.69) is 0 Å². The highest BCUT2D eigenvalue weighted by Gasteiger charge is 2.46. The van der Waals surface area contributed by atoms with Crippen molar-refractivity contribution in [2.45, 2.75) is 56.8 Å². The second kappa shape index (κ2) is 4.11. The Kier molecular flexibility index (Phi) is 2.76. The van der Waals surface area contributed by atoms with Crippen LogP contribution in [0.4, 0.5) is 0 Å². The van der Waals surface area contributed by atoms with Gasteiger partial charge in [0.2, 0.25) is 0 Å². The van der Waals surface area contributed by atoms with Crippen molar-refractivity contribution in [3.63, 3.8) is 0 Å². The van der Waals surface area contributed by atoms with E-state index in [9.17, 15) is 4.79 Å². The second-order valence-corrected chi connectivity index (χ2v) is 5.55. The fourth-order valence-electron chi connectivity index (χ4n) is 3.13. The molecule has 3 rings (SSSR count). The van der Waals surface area contributed by atoms with Gasteiger partial charge in [-0.3, -0.25) is 0 Å². The van der Waals surface area contributed by atoms with Crippen LogP contribution in [0.15, 0.2) is 0 Å². The third-order valence-corrected chi connectivity index (χ3v) is 4.25. The summed E-state index contributed by atoms with van der Waals surface area (Å²) in [5.74, 6) is 0.644. The molecule has 3 fully saturated rings. The van der Waals surface area contributed by atoms with Crippen LogP contribution in [-0.4, -0.2) is 24.8 Å². The molecule has 3 unspecified atom stereocenters. The lowest BCUT2D eigenvalue weighted by Crippen LogP contribution is -2.33. The first kappa shape index (κ1) is 10.7. The molecule has 3 heteroatoms. The highest BCUT2D eigenvalue weighted by atomic mass is 16.7. The Labute approximate surface area is 96.5 Å². The zero-order valence-corrected chi connectivity index (χ0v) is 9.69. The number of ether oxygens (including phenoxy) is 2. The summed E-state index contributed by atoms with van der Waals surface area (Å²) in [4.78, 5) is 10.6. The van der Waals surface area contributed by atoms with E-state index >= 15 is 0 Å². The van der Waals surface area contributed by atoms with Crippen molar-refractivity contribution in [2.24, 2.45) is 11.8 Å². The molecular weight excluding hydrogens is 204 g/mol. The van der Waals surface area contributed by atoms with Crippen LogP contribution in [0.3, 0.4) is 0 Å². The number of hydrogen-bond acceptors (Lipinski definition) is 3. The monoisotopic (exact) mass is 224 g/mol. The van der Waals surface area contributed by atoms with E-state index < -0.39 is 0 Å². The third kappa shape index (κ3) is 2.03. The van der Waals surface area contributed by atoms with Gasteiger partial charge in [0.25, 0.3) is 0 Å². The maximum Gasteiger partial charge on any atom is 0.168 e. The minimum absolute atomic E-state index is 0.242. The quantitative estimate of drug-likeness (QED) is 0.690. The van der Waals surface area contributed by atoms with Crippen LogP contribution in [0.1, 0.15) is 44.9 Å². The fraction of sp³-hybridized carbons (Fsp3) is 0.923. The van der Waals surface area contributed by atoms with Crippen molar-refractivity contribution >= 4 is 6.29 Å². The summed E-state index contributed by atoms with van der Waals surface area (Å²) < 4.78 is 12.0. The van der Waals surface area contributed by atoms with Crippen molar-refractivity contribution in [1.82, 2.24) is 0 Å². The van der Waals surface area contributed by atoms with Crippen LogP contribution in [0, 0.1) is 11.8 Å². The molecule has 2 saturated carbocycles. The van der Waals surface area contributed by atoms with Gasteiger partial charge in [-0.15, -0.1) is 0 Å². The largest absolute Gasteiger partial charge is 0.347 e. The van der Waals surface area contributed by atoms with Crippen molar-refractivity contribution in [3.8, 4) is 0 Å². The maximum atomic E-state index is 10.6. The molecule has 0 bridgehead atoms. The maximum absolute atomic E-state index is 10.6. The zero-order valence-electron chi connectivity index (χ0n) is 9.69. The van der Waals surface area contributed by atoms with Crippen molar-refractivity contribution < 1.29 is 14.3 Å². The van der Waals surface area contributed by atoms with Crippen LogP contribution in [-0.2, 0) is 14.3 Å². The van der Waals surface area contributed by atoms with Gasteiger partial charge in [0, 0.05) is 18.8 Å². The number of carbonyl (C=O) groups excluding carboxylic acids is 1. The minimum Gasteiger partial charge on any atom is -0.347 e. The first-order valence-corrected chi connectivity index (χ1v) is 6.58. The summed E-state index contributed by atoms with van der Waals surface area (Å²) in [6.45, 7) is 0.738. The Morgan fingerprint density at radius 2 is 2.06 bits per heavy atom. The molecule has 0 aromatic heterocycles. The standard InChI is InChI=1S/C13H20O3/c14-8-11-6-10(11)7-12-9-15-13(16-12)4-2-1-3-5-13/h8,10-12H,1-7,9H2. The fourth-order valence-corrected chi connectivity index (χ4v) is 3.13. The first-order valence-electron chi connectivity index (χ1n) is 6.58. The number of aldehydes is 1. The Bertz CT molecular complexity index is 270. The summed E-state index contributed by atoms with van der Waals surface area (Å²) in [5, 5.41) is 0. The van der Waals surface area contributed by atoms with Gasteiger partial charge in [0.1, 0.15) is 6.29 Å². The third-order valence-electron chi connectivity index (χ3n) is 4.25. The molecule has 1 saturated heterocycles. The molecule has 0 N–H and O–H groups in total. The molecule has 3 aliphatic rings. The summed E-state index contributed by atoms with van der Waals surface area (Å²) in [7, 11) is 0. The van der Waals surface area contributed by atoms with E-state index in [0.29, 0.717) is 11.8 Å². The van der Waals surface area contributed by atoms with Gasteiger partial charge in [0.05, 0.1) is 12.7 Å². The molecule has 3 nitrogen and oxygen atoms in total. The molecular formula is C13H20O3. The van der Waals surface area contributed by atoms with Gasteiger partial charge < -0.3 is 14.3 Å². The van der Waals surface area contributed by atoms with Crippen molar-refractivity contribution in [2.75, 3.05) is 6.61 Å². The van der Waals surface area contributed by atoms with Crippen molar-refractivity contribution in [1.29, 1.82) is 0 Å². The van der Waals surface area contributed by atoms with Gasteiger partial charge in [-0.25, -0.2) is 0 Å².